The number of carbonyl (C=O) groups excluding carboxylic acids is 1. The van der Waals surface area contributed by atoms with Gasteiger partial charge in [0, 0.05) is 32.2 Å². The van der Waals surface area contributed by atoms with Gasteiger partial charge in [-0.3, -0.25) is 4.90 Å². The van der Waals surface area contributed by atoms with Crippen LogP contribution in [0.1, 0.15) is 40.7 Å². The summed E-state index contributed by atoms with van der Waals surface area (Å²) in [7, 11) is 4.55. The third kappa shape index (κ3) is 2.21. The molecule has 0 aromatic heterocycles. The molecule has 1 aromatic carbocycles. The van der Waals surface area contributed by atoms with Crippen LogP contribution in [0, 0.1) is 0 Å². The molecule has 140 valence electrons. The first kappa shape index (κ1) is 17.4. The minimum atomic E-state index is -0.504. The molecule has 1 saturated heterocycles. The SMILES string of the molecule is COC(=O)c1cc2c(c(O)c1OC)CCN1CCC3=CC[C@H](OC)C[C@]321. The summed E-state index contributed by atoms with van der Waals surface area (Å²) in [5.74, 6) is -0.246. The lowest BCUT2D eigenvalue weighted by atomic mass is 9.70. The van der Waals surface area contributed by atoms with E-state index in [2.05, 4.69) is 11.0 Å². The van der Waals surface area contributed by atoms with Crippen LogP contribution in [-0.2, 0) is 21.4 Å². The zero-order chi connectivity index (χ0) is 18.5. The lowest BCUT2D eigenvalue weighted by molar-refractivity contribution is 0.0287. The van der Waals surface area contributed by atoms with Gasteiger partial charge in [0.1, 0.15) is 5.56 Å². The highest BCUT2D eigenvalue weighted by Crippen LogP contribution is 2.55. The number of aromatic hydroxyl groups is 1. The van der Waals surface area contributed by atoms with Gasteiger partial charge in [0.2, 0.25) is 0 Å². The smallest absolute Gasteiger partial charge is 0.341 e. The number of nitrogens with zero attached hydrogens (tertiary/aromatic N) is 1. The van der Waals surface area contributed by atoms with Crippen molar-refractivity contribution in [2.75, 3.05) is 34.4 Å². The van der Waals surface area contributed by atoms with Gasteiger partial charge < -0.3 is 19.3 Å². The van der Waals surface area contributed by atoms with Crippen molar-refractivity contribution in [1.82, 2.24) is 4.90 Å². The van der Waals surface area contributed by atoms with E-state index in [4.69, 9.17) is 14.2 Å². The van der Waals surface area contributed by atoms with Gasteiger partial charge in [-0.15, -0.1) is 0 Å². The second-order valence-corrected chi connectivity index (χ2v) is 7.20. The predicted octanol–water partition coefficient (Wildman–Crippen LogP) is 2.38. The average molecular weight is 359 g/mol. The van der Waals surface area contributed by atoms with E-state index < -0.39 is 5.97 Å². The number of rotatable bonds is 3. The molecule has 0 unspecified atom stereocenters. The molecule has 1 aromatic rings. The van der Waals surface area contributed by atoms with Gasteiger partial charge >= 0.3 is 5.97 Å². The number of esters is 1. The number of methoxy groups -OCH3 is 3. The standard InChI is InChI=1S/C20H25NO5/c1-24-13-5-4-12-6-8-21-9-7-14-16(20(12,21)11-13)10-15(19(23)26-3)18(25-2)17(14)22/h4,10,13,22H,5-9,11H2,1-3H3/t13-,20-/m0/s1. The van der Waals surface area contributed by atoms with Crippen LogP contribution in [0.3, 0.4) is 0 Å². The Hall–Kier alpha value is -2.05. The first-order valence-electron chi connectivity index (χ1n) is 9.05. The lowest BCUT2D eigenvalue weighted by Gasteiger charge is -2.48. The summed E-state index contributed by atoms with van der Waals surface area (Å²) in [4.78, 5) is 14.8. The lowest BCUT2D eigenvalue weighted by Crippen LogP contribution is -2.50. The van der Waals surface area contributed by atoms with Crippen molar-refractivity contribution < 1.29 is 24.1 Å². The van der Waals surface area contributed by atoms with Gasteiger partial charge in [0.25, 0.3) is 0 Å². The van der Waals surface area contributed by atoms with E-state index in [1.54, 1.807) is 7.11 Å². The summed E-state index contributed by atoms with van der Waals surface area (Å²) in [6.07, 6.45) is 5.88. The Morgan fingerprint density at radius 1 is 1.27 bits per heavy atom. The molecule has 0 saturated carbocycles. The number of phenolic OH excluding ortho intramolecular Hbond substituents is 1. The first-order chi connectivity index (χ1) is 12.6. The minimum absolute atomic E-state index is 0.0604. The van der Waals surface area contributed by atoms with Gasteiger partial charge in [-0.2, -0.15) is 0 Å². The normalized spacial score (nSPS) is 27.2. The zero-order valence-corrected chi connectivity index (χ0v) is 15.5. The van der Waals surface area contributed by atoms with Crippen LogP contribution in [0.4, 0.5) is 0 Å². The molecule has 1 aliphatic carbocycles. The quantitative estimate of drug-likeness (QED) is 0.660. The van der Waals surface area contributed by atoms with E-state index in [0.717, 1.165) is 49.9 Å². The maximum absolute atomic E-state index is 12.3. The Balaban J connectivity index is 1.97. The highest BCUT2D eigenvalue weighted by atomic mass is 16.5. The second kappa shape index (κ2) is 6.28. The molecule has 26 heavy (non-hydrogen) atoms. The fourth-order valence-electron chi connectivity index (χ4n) is 5.04. The maximum atomic E-state index is 12.3. The molecular weight excluding hydrogens is 334 g/mol. The van der Waals surface area contributed by atoms with E-state index in [1.165, 1.54) is 19.8 Å². The molecule has 4 rings (SSSR count). The molecule has 1 spiro atoms. The van der Waals surface area contributed by atoms with Crippen LogP contribution >= 0.6 is 0 Å². The summed E-state index contributed by atoms with van der Waals surface area (Å²) >= 11 is 0. The van der Waals surface area contributed by atoms with Crippen molar-refractivity contribution in [3.63, 3.8) is 0 Å². The monoisotopic (exact) mass is 359 g/mol. The topological polar surface area (TPSA) is 68.2 Å². The van der Waals surface area contributed by atoms with Crippen molar-refractivity contribution in [3.8, 4) is 11.5 Å². The van der Waals surface area contributed by atoms with Crippen LogP contribution in [0.15, 0.2) is 17.7 Å². The number of phenols is 1. The third-order valence-corrected chi connectivity index (χ3v) is 6.25. The van der Waals surface area contributed by atoms with Gasteiger partial charge in [0.05, 0.1) is 25.9 Å². The summed E-state index contributed by atoms with van der Waals surface area (Å²) in [5.41, 5.74) is 3.20. The van der Waals surface area contributed by atoms with Crippen LogP contribution in [0.5, 0.6) is 11.5 Å². The minimum Gasteiger partial charge on any atom is -0.504 e. The summed E-state index contributed by atoms with van der Waals surface area (Å²) < 4.78 is 16.0. The number of hydrogen-bond donors (Lipinski definition) is 1. The van der Waals surface area contributed by atoms with Gasteiger partial charge in [0.15, 0.2) is 11.5 Å². The summed E-state index contributed by atoms with van der Waals surface area (Å²) in [5, 5.41) is 10.9. The van der Waals surface area contributed by atoms with Crippen LogP contribution in [0.2, 0.25) is 0 Å². The fourth-order valence-corrected chi connectivity index (χ4v) is 5.04. The highest BCUT2D eigenvalue weighted by Gasteiger charge is 2.52. The molecule has 6 heteroatoms. The molecule has 2 atom stereocenters. The van der Waals surface area contributed by atoms with Crippen LogP contribution < -0.4 is 4.74 Å². The molecule has 0 radical (unpaired) electrons. The molecule has 1 fully saturated rings. The average Bonchev–Trinajstić information content (AvgIpc) is 3.06. The number of benzene rings is 1. The molecule has 3 aliphatic rings. The zero-order valence-electron chi connectivity index (χ0n) is 15.5. The molecular formula is C20H25NO5. The summed E-state index contributed by atoms with van der Waals surface area (Å²) in [6, 6.07) is 1.86. The fraction of sp³-hybridized carbons (Fsp3) is 0.550. The van der Waals surface area contributed by atoms with Crippen molar-refractivity contribution in [3.05, 3.63) is 34.4 Å². The van der Waals surface area contributed by atoms with E-state index in [1.807, 2.05) is 6.07 Å². The maximum Gasteiger partial charge on any atom is 0.341 e. The molecule has 2 heterocycles. The highest BCUT2D eigenvalue weighted by molar-refractivity contribution is 5.94. The van der Waals surface area contributed by atoms with Crippen molar-refractivity contribution >= 4 is 5.97 Å². The van der Waals surface area contributed by atoms with Crippen molar-refractivity contribution in [1.29, 1.82) is 0 Å². The van der Waals surface area contributed by atoms with Crippen LogP contribution in [0.25, 0.3) is 0 Å². The second-order valence-electron chi connectivity index (χ2n) is 7.20. The molecule has 6 nitrogen and oxygen atoms in total. The first-order valence-corrected chi connectivity index (χ1v) is 9.05. The van der Waals surface area contributed by atoms with E-state index >= 15 is 0 Å². The van der Waals surface area contributed by atoms with E-state index in [-0.39, 0.29) is 28.7 Å². The Kier molecular flexibility index (Phi) is 4.20. The number of ether oxygens (including phenoxy) is 3. The Bertz CT molecular complexity index is 787. The van der Waals surface area contributed by atoms with E-state index in [9.17, 15) is 9.90 Å². The molecule has 2 aliphatic heterocycles. The third-order valence-electron chi connectivity index (χ3n) is 6.25. The van der Waals surface area contributed by atoms with Gasteiger partial charge in [-0.1, -0.05) is 6.08 Å². The van der Waals surface area contributed by atoms with Gasteiger partial charge in [-0.05, 0) is 36.5 Å². The predicted molar refractivity (Wildman–Crippen MR) is 95.7 cm³/mol. The van der Waals surface area contributed by atoms with Crippen LogP contribution in [-0.4, -0.2) is 56.5 Å². The van der Waals surface area contributed by atoms with E-state index in [0.29, 0.717) is 0 Å². The van der Waals surface area contributed by atoms with Crippen molar-refractivity contribution in [2.45, 2.75) is 37.3 Å². The number of fused-ring (bicyclic) bond motifs is 1. The largest absolute Gasteiger partial charge is 0.504 e. The Morgan fingerprint density at radius 3 is 2.73 bits per heavy atom. The number of carbonyl (C=O) groups is 1. The van der Waals surface area contributed by atoms with Gasteiger partial charge in [-0.25, -0.2) is 4.79 Å². The van der Waals surface area contributed by atoms with Crippen molar-refractivity contribution in [2.24, 2.45) is 0 Å². The Labute approximate surface area is 153 Å². The summed E-state index contributed by atoms with van der Waals surface area (Å²) in [6.45, 7) is 1.86. The Morgan fingerprint density at radius 2 is 2.04 bits per heavy atom. The molecule has 0 bridgehead atoms. The molecule has 0 amide bonds. The molecule has 1 N–H and O–H groups in total. The number of hydrogen-bond acceptors (Lipinski definition) is 6.